The van der Waals surface area contributed by atoms with Gasteiger partial charge in [0, 0.05) is 23.9 Å². The van der Waals surface area contributed by atoms with Crippen molar-refractivity contribution >= 4 is 0 Å². The van der Waals surface area contributed by atoms with Gasteiger partial charge < -0.3 is 5.11 Å². The van der Waals surface area contributed by atoms with Crippen molar-refractivity contribution in [3.8, 4) is 0 Å². The van der Waals surface area contributed by atoms with E-state index in [1.165, 1.54) is 11.1 Å². The Labute approximate surface area is 139 Å². The molecule has 1 N–H and O–H groups in total. The SMILES string of the molecule is C[C@@H]1[C@@H](c2ccccc2)N(C)[C@H](c2ccccc2)[C@H](C)C1(C)O. The molecule has 0 spiro atoms. The second-order valence-electron chi connectivity index (χ2n) is 7.18. The molecule has 0 saturated carbocycles. The zero-order valence-electron chi connectivity index (χ0n) is 14.5. The van der Waals surface area contributed by atoms with Crippen LogP contribution in [0, 0.1) is 11.8 Å². The Morgan fingerprint density at radius 3 is 1.48 bits per heavy atom. The third-order valence-corrected chi connectivity index (χ3v) is 5.95. The van der Waals surface area contributed by atoms with Gasteiger partial charge in [-0.3, -0.25) is 4.90 Å². The topological polar surface area (TPSA) is 23.5 Å². The van der Waals surface area contributed by atoms with Crippen LogP contribution >= 0.6 is 0 Å². The lowest BCUT2D eigenvalue weighted by atomic mass is 9.66. The van der Waals surface area contributed by atoms with E-state index in [0.717, 1.165) is 0 Å². The summed E-state index contributed by atoms with van der Waals surface area (Å²) in [4.78, 5) is 2.44. The van der Waals surface area contributed by atoms with E-state index in [9.17, 15) is 5.11 Å². The van der Waals surface area contributed by atoms with Crippen LogP contribution in [0.2, 0.25) is 0 Å². The van der Waals surface area contributed by atoms with Crippen molar-refractivity contribution in [1.29, 1.82) is 0 Å². The normalized spacial score (nSPS) is 35.2. The monoisotopic (exact) mass is 309 g/mol. The van der Waals surface area contributed by atoms with Gasteiger partial charge in [0.05, 0.1) is 5.60 Å². The summed E-state index contributed by atoms with van der Waals surface area (Å²) in [7, 11) is 2.19. The van der Waals surface area contributed by atoms with Crippen LogP contribution in [0.1, 0.15) is 44.0 Å². The first-order chi connectivity index (χ1) is 10.9. The van der Waals surface area contributed by atoms with Crippen LogP contribution in [-0.2, 0) is 0 Å². The van der Waals surface area contributed by atoms with E-state index in [2.05, 4.69) is 74.3 Å². The Morgan fingerprint density at radius 2 is 1.13 bits per heavy atom. The van der Waals surface area contributed by atoms with Crippen molar-refractivity contribution in [1.82, 2.24) is 4.90 Å². The molecule has 0 radical (unpaired) electrons. The average Bonchev–Trinajstić information content (AvgIpc) is 2.56. The van der Waals surface area contributed by atoms with Crippen molar-refractivity contribution in [2.24, 2.45) is 11.8 Å². The first-order valence-corrected chi connectivity index (χ1v) is 8.48. The van der Waals surface area contributed by atoms with Gasteiger partial charge in [-0.1, -0.05) is 74.5 Å². The van der Waals surface area contributed by atoms with Gasteiger partial charge in [0.2, 0.25) is 0 Å². The highest BCUT2D eigenvalue weighted by atomic mass is 16.3. The summed E-state index contributed by atoms with van der Waals surface area (Å²) in [6.07, 6.45) is 0. The molecule has 0 bridgehead atoms. The third kappa shape index (κ3) is 2.71. The third-order valence-electron chi connectivity index (χ3n) is 5.95. The molecule has 1 aliphatic rings. The van der Waals surface area contributed by atoms with Gasteiger partial charge in [-0.05, 0) is 25.1 Å². The summed E-state index contributed by atoms with van der Waals surface area (Å²) >= 11 is 0. The molecule has 3 rings (SSSR count). The lowest BCUT2D eigenvalue weighted by Gasteiger charge is -2.55. The van der Waals surface area contributed by atoms with E-state index in [1.54, 1.807) is 0 Å². The van der Waals surface area contributed by atoms with Crippen LogP contribution in [-0.4, -0.2) is 22.7 Å². The van der Waals surface area contributed by atoms with Gasteiger partial charge in [-0.15, -0.1) is 0 Å². The molecule has 1 fully saturated rings. The maximum absolute atomic E-state index is 11.3. The van der Waals surface area contributed by atoms with E-state index < -0.39 is 5.60 Å². The number of benzene rings is 2. The molecule has 2 aromatic carbocycles. The van der Waals surface area contributed by atoms with E-state index in [4.69, 9.17) is 0 Å². The predicted molar refractivity (Wildman–Crippen MR) is 95.1 cm³/mol. The van der Waals surface area contributed by atoms with Gasteiger partial charge in [0.1, 0.15) is 0 Å². The van der Waals surface area contributed by atoms with E-state index in [-0.39, 0.29) is 23.9 Å². The number of hydrogen-bond donors (Lipinski definition) is 1. The molecule has 0 amide bonds. The quantitative estimate of drug-likeness (QED) is 0.886. The second-order valence-corrected chi connectivity index (χ2v) is 7.18. The molecule has 1 heterocycles. The van der Waals surface area contributed by atoms with Gasteiger partial charge in [-0.2, -0.15) is 0 Å². The molecule has 0 aromatic heterocycles. The van der Waals surface area contributed by atoms with Gasteiger partial charge in [0.15, 0.2) is 0 Å². The standard InChI is InChI=1S/C21H27NO/c1-15-19(17-11-7-5-8-12-17)22(4)20(16(2)21(15,3)23)18-13-9-6-10-14-18/h5-16,19-20,23H,1-4H3/t15-,16+,19-,20-,21?/m0/s1. The van der Waals surface area contributed by atoms with Crippen LogP contribution < -0.4 is 0 Å². The smallest absolute Gasteiger partial charge is 0.0707 e. The Hall–Kier alpha value is -1.64. The maximum Gasteiger partial charge on any atom is 0.0707 e. The second kappa shape index (κ2) is 6.10. The fraction of sp³-hybridized carbons (Fsp3) is 0.429. The zero-order valence-corrected chi connectivity index (χ0v) is 14.5. The maximum atomic E-state index is 11.3. The lowest BCUT2D eigenvalue weighted by Crippen LogP contribution is -2.56. The first-order valence-electron chi connectivity index (χ1n) is 8.48. The van der Waals surface area contributed by atoms with E-state index >= 15 is 0 Å². The molecule has 122 valence electrons. The molecule has 1 unspecified atom stereocenters. The molecule has 1 saturated heterocycles. The fourth-order valence-corrected chi connectivity index (χ4v) is 4.28. The Bertz CT molecular complexity index is 582. The van der Waals surface area contributed by atoms with Crippen molar-refractivity contribution in [3.05, 3.63) is 71.8 Å². The fourth-order valence-electron chi connectivity index (χ4n) is 4.28. The van der Waals surface area contributed by atoms with Crippen LogP contribution in [0.25, 0.3) is 0 Å². The molecule has 2 nitrogen and oxygen atoms in total. The minimum atomic E-state index is -0.715. The molecule has 1 aliphatic heterocycles. The van der Waals surface area contributed by atoms with Crippen LogP contribution in [0.4, 0.5) is 0 Å². The summed E-state index contributed by atoms with van der Waals surface area (Å²) in [5.41, 5.74) is 1.83. The number of piperidine rings is 1. The highest BCUT2D eigenvalue weighted by Crippen LogP contribution is 2.51. The lowest BCUT2D eigenvalue weighted by molar-refractivity contribution is -0.143. The summed E-state index contributed by atoms with van der Waals surface area (Å²) in [5, 5.41) is 11.3. The minimum Gasteiger partial charge on any atom is -0.389 e. The summed E-state index contributed by atoms with van der Waals surface area (Å²) < 4.78 is 0. The summed E-state index contributed by atoms with van der Waals surface area (Å²) in [5.74, 6) is 0.315. The largest absolute Gasteiger partial charge is 0.389 e. The number of likely N-dealkylation sites (tertiary alicyclic amines) is 1. The van der Waals surface area contributed by atoms with Crippen molar-refractivity contribution in [2.75, 3.05) is 7.05 Å². The molecule has 23 heavy (non-hydrogen) atoms. The Morgan fingerprint density at radius 1 is 0.783 bits per heavy atom. The first kappa shape index (κ1) is 16.2. The minimum absolute atomic E-state index is 0.157. The zero-order chi connectivity index (χ0) is 16.6. The van der Waals surface area contributed by atoms with E-state index in [1.807, 2.05) is 19.1 Å². The van der Waals surface area contributed by atoms with Crippen molar-refractivity contribution < 1.29 is 5.11 Å². The van der Waals surface area contributed by atoms with Crippen LogP contribution in [0.15, 0.2) is 60.7 Å². The summed E-state index contributed by atoms with van der Waals surface area (Å²) in [6, 6.07) is 21.5. The summed E-state index contributed by atoms with van der Waals surface area (Å²) in [6.45, 7) is 6.35. The molecular weight excluding hydrogens is 282 g/mol. The number of nitrogens with zero attached hydrogens (tertiary/aromatic N) is 1. The van der Waals surface area contributed by atoms with Crippen molar-refractivity contribution in [3.63, 3.8) is 0 Å². The Kier molecular flexibility index (Phi) is 4.31. The van der Waals surface area contributed by atoms with Crippen LogP contribution in [0.5, 0.6) is 0 Å². The van der Waals surface area contributed by atoms with Gasteiger partial charge >= 0.3 is 0 Å². The highest BCUT2D eigenvalue weighted by molar-refractivity contribution is 5.27. The van der Waals surface area contributed by atoms with Gasteiger partial charge in [0.25, 0.3) is 0 Å². The van der Waals surface area contributed by atoms with Gasteiger partial charge in [-0.25, -0.2) is 0 Å². The molecule has 2 heteroatoms. The van der Waals surface area contributed by atoms with E-state index in [0.29, 0.717) is 0 Å². The number of aliphatic hydroxyl groups is 1. The molecule has 2 aromatic rings. The highest BCUT2D eigenvalue weighted by Gasteiger charge is 2.51. The number of hydrogen-bond acceptors (Lipinski definition) is 2. The van der Waals surface area contributed by atoms with Crippen molar-refractivity contribution in [2.45, 2.75) is 38.5 Å². The van der Waals surface area contributed by atoms with Crippen LogP contribution in [0.3, 0.4) is 0 Å². The number of rotatable bonds is 2. The molecular formula is C21H27NO. The molecule has 5 atom stereocenters. The molecule has 0 aliphatic carbocycles. The predicted octanol–water partition coefficient (Wildman–Crippen LogP) is 4.44. The average molecular weight is 309 g/mol. The Balaban J connectivity index is 2.07.